The Balaban J connectivity index is 4.20. The zero-order chi connectivity index (χ0) is 41.2. The second-order valence-electron chi connectivity index (χ2n) is 15.5. The van der Waals surface area contributed by atoms with Crippen LogP contribution in [0.15, 0.2) is 24.3 Å². The predicted octanol–water partition coefficient (Wildman–Crippen LogP) is 12.7. The van der Waals surface area contributed by atoms with Gasteiger partial charge < -0.3 is 25.2 Å². The summed E-state index contributed by atoms with van der Waals surface area (Å²) in [5.41, 5.74) is 5.36. The predicted molar refractivity (Wildman–Crippen MR) is 231 cm³/mol. The van der Waals surface area contributed by atoms with Crippen molar-refractivity contribution in [3.05, 3.63) is 24.3 Å². The van der Waals surface area contributed by atoms with Gasteiger partial charge in [0.1, 0.15) is 12.1 Å². The van der Waals surface area contributed by atoms with Crippen LogP contribution in [-0.4, -0.2) is 60.5 Å². The normalized spacial score (nSPS) is 14.1. The highest BCUT2D eigenvalue weighted by atomic mass is 31.2. The summed E-state index contributed by atoms with van der Waals surface area (Å²) in [6.45, 7) is 3.88. The maximum atomic E-state index is 12.6. The number of nitrogens with two attached hydrogens (primary N) is 1. The first-order valence-corrected chi connectivity index (χ1v) is 24.4. The third-order valence-electron chi connectivity index (χ3n) is 9.95. The molecule has 0 saturated carbocycles. The summed E-state index contributed by atoms with van der Waals surface area (Å²) in [6, 6.07) is -1.47. The minimum absolute atomic E-state index is 0.0147. The lowest BCUT2D eigenvalue weighted by Gasteiger charge is -2.20. The summed E-state index contributed by atoms with van der Waals surface area (Å²) in [5, 5.41) is 8.90. The number of hydrogen-bond donors (Lipinski definition) is 3. The number of phosphoric acid groups is 1. The van der Waals surface area contributed by atoms with Gasteiger partial charge in [0.25, 0.3) is 0 Å². The first-order valence-electron chi connectivity index (χ1n) is 22.9. The molecule has 3 atom stereocenters. The number of hydrogen-bond acceptors (Lipinski definition) is 8. The molecule has 330 valence electrons. The molecule has 0 aliphatic heterocycles. The summed E-state index contributed by atoms with van der Waals surface area (Å²) in [4.78, 5) is 33.6. The molecule has 0 aliphatic carbocycles. The molecule has 0 rings (SSSR count). The SMILES string of the molecule is CCCCCCC/C=C\CCCCCCCCOCC(COP(=O)(O)OCC(N)C(=O)O)OC(=O)CCCCCCCCCCC/C=C\CCCCCCCC. The molecule has 10 nitrogen and oxygen atoms in total. The van der Waals surface area contributed by atoms with Gasteiger partial charge in [0.05, 0.1) is 19.8 Å². The number of carbonyl (C=O) groups excluding carboxylic acids is 1. The average Bonchev–Trinajstić information content (AvgIpc) is 3.18. The molecule has 56 heavy (non-hydrogen) atoms. The molecule has 0 spiro atoms. The zero-order valence-electron chi connectivity index (χ0n) is 36.0. The van der Waals surface area contributed by atoms with E-state index in [9.17, 15) is 19.0 Å². The molecule has 0 aromatic rings. The van der Waals surface area contributed by atoms with Crippen molar-refractivity contribution < 1.29 is 42.7 Å². The van der Waals surface area contributed by atoms with Crippen LogP contribution in [0.5, 0.6) is 0 Å². The molecule has 0 aromatic carbocycles. The van der Waals surface area contributed by atoms with Crippen molar-refractivity contribution in [2.75, 3.05) is 26.4 Å². The molecule has 4 N–H and O–H groups in total. The van der Waals surface area contributed by atoms with E-state index in [0.29, 0.717) is 13.0 Å². The van der Waals surface area contributed by atoms with Crippen molar-refractivity contribution in [2.24, 2.45) is 5.73 Å². The van der Waals surface area contributed by atoms with Crippen LogP contribution in [0.3, 0.4) is 0 Å². The van der Waals surface area contributed by atoms with Crippen LogP contribution in [0.2, 0.25) is 0 Å². The van der Waals surface area contributed by atoms with Gasteiger partial charge >= 0.3 is 19.8 Å². The quantitative estimate of drug-likeness (QED) is 0.0234. The molecule has 0 fully saturated rings. The number of unbranched alkanes of at least 4 members (excludes halogenated alkanes) is 26. The summed E-state index contributed by atoms with van der Waals surface area (Å²) in [5.74, 6) is -1.78. The number of carbonyl (C=O) groups is 2. The average molecular weight is 816 g/mol. The van der Waals surface area contributed by atoms with Crippen molar-refractivity contribution in [2.45, 2.75) is 225 Å². The Bertz CT molecular complexity index is 993. The molecule has 3 unspecified atom stereocenters. The smallest absolute Gasteiger partial charge is 0.472 e. The number of carboxylic acid groups (broad SMARTS) is 1. The van der Waals surface area contributed by atoms with E-state index in [1.807, 2.05) is 0 Å². The number of esters is 1. The van der Waals surface area contributed by atoms with E-state index in [-0.39, 0.29) is 13.0 Å². The Labute approximate surface area is 343 Å². The second-order valence-corrected chi connectivity index (χ2v) is 17.0. The van der Waals surface area contributed by atoms with E-state index < -0.39 is 45.1 Å². The van der Waals surface area contributed by atoms with Crippen molar-refractivity contribution >= 4 is 19.8 Å². The minimum atomic E-state index is -4.62. The van der Waals surface area contributed by atoms with Gasteiger partial charge in [-0.1, -0.05) is 167 Å². The Morgan fingerprint density at radius 3 is 1.36 bits per heavy atom. The Morgan fingerprint density at radius 1 is 0.554 bits per heavy atom. The second kappa shape index (κ2) is 41.6. The lowest BCUT2D eigenvalue weighted by Crippen LogP contribution is -2.34. The molecule has 11 heteroatoms. The highest BCUT2D eigenvalue weighted by Gasteiger charge is 2.27. The van der Waals surface area contributed by atoms with Gasteiger partial charge in [-0.05, 0) is 64.2 Å². The molecular weight excluding hydrogens is 729 g/mol. The lowest BCUT2D eigenvalue weighted by molar-refractivity contribution is -0.154. The molecule has 0 aliphatic rings. The van der Waals surface area contributed by atoms with E-state index in [1.54, 1.807) is 0 Å². The molecule has 0 bridgehead atoms. The van der Waals surface area contributed by atoms with E-state index in [0.717, 1.165) is 44.9 Å². The van der Waals surface area contributed by atoms with Crippen molar-refractivity contribution in [3.63, 3.8) is 0 Å². The van der Waals surface area contributed by atoms with Crippen LogP contribution in [0.1, 0.15) is 213 Å². The van der Waals surface area contributed by atoms with Crippen molar-refractivity contribution in [3.8, 4) is 0 Å². The van der Waals surface area contributed by atoms with E-state index >= 15 is 0 Å². The van der Waals surface area contributed by atoms with Crippen molar-refractivity contribution in [1.29, 1.82) is 0 Å². The Kier molecular flexibility index (Phi) is 40.5. The fourth-order valence-corrected chi connectivity index (χ4v) is 7.14. The highest BCUT2D eigenvalue weighted by molar-refractivity contribution is 7.47. The standard InChI is InChI=1S/C45H86NO9P/c1-3-5-7-9-11-13-15-17-19-20-21-22-23-25-27-29-31-33-35-37-44(47)55-42(40-53-56(50,51)54-41-43(46)45(48)49)39-52-38-36-34-32-30-28-26-24-18-16-14-12-10-8-6-4-2/h16-19,42-43H,3-15,20-41,46H2,1-2H3,(H,48,49)(H,50,51)/b18-16-,19-17-. The van der Waals surface area contributed by atoms with Crippen LogP contribution >= 0.6 is 7.82 Å². The van der Waals surface area contributed by atoms with Crippen molar-refractivity contribution in [1.82, 2.24) is 0 Å². The number of rotatable bonds is 44. The van der Waals surface area contributed by atoms with Gasteiger partial charge in [0.15, 0.2) is 0 Å². The molecule has 0 saturated heterocycles. The van der Waals surface area contributed by atoms with Gasteiger partial charge in [0, 0.05) is 13.0 Å². The Hall–Kier alpha value is -1.55. The van der Waals surface area contributed by atoms with Crippen LogP contribution < -0.4 is 5.73 Å². The van der Waals surface area contributed by atoms with Gasteiger partial charge in [-0.2, -0.15) is 0 Å². The first-order chi connectivity index (χ1) is 27.2. The maximum absolute atomic E-state index is 12.6. The summed E-state index contributed by atoms with van der Waals surface area (Å²) < 4.78 is 33.4. The number of aliphatic carboxylic acids is 1. The molecule has 0 amide bonds. The van der Waals surface area contributed by atoms with Crippen LogP contribution in [0.4, 0.5) is 0 Å². The summed E-state index contributed by atoms with van der Waals surface area (Å²) in [6.07, 6.45) is 45.1. The fraction of sp³-hybridized carbons (Fsp3) is 0.867. The van der Waals surface area contributed by atoms with Gasteiger partial charge in [0.2, 0.25) is 0 Å². The van der Waals surface area contributed by atoms with E-state index in [2.05, 4.69) is 38.2 Å². The number of phosphoric ester groups is 1. The Morgan fingerprint density at radius 2 is 0.929 bits per heavy atom. The van der Waals surface area contributed by atoms with Crippen LogP contribution in [0, 0.1) is 0 Å². The van der Waals surface area contributed by atoms with Crippen LogP contribution in [-0.2, 0) is 32.7 Å². The minimum Gasteiger partial charge on any atom is -0.480 e. The monoisotopic (exact) mass is 816 g/mol. The van der Waals surface area contributed by atoms with Gasteiger partial charge in [-0.25, -0.2) is 4.57 Å². The third-order valence-corrected chi connectivity index (χ3v) is 10.9. The molecule has 0 heterocycles. The first kappa shape index (κ1) is 54.5. The molecule has 0 radical (unpaired) electrons. The van der Waals surface area contributed by atoms with Gasteiger partial charge in [-0.15, -0.1) is 0 Å². The van der Waals surface area contributed by atoms with Crippen LogP contribution in [0.25, 0.3) is 0 Å². The number of ether oxygens (including phenoxy) is 2. The summed E-state index contributed by atoms with van der Waals surface area (Å²) >= 11 is 0. The number of allylic oxidation sites excluding steroid dienone is 4. The van der Waals surface area contributed by atoms with E-state index in [1.165, 1.54) is 141 Å². The van der Waals surface area contributed by atoms with E-state index in [4.69, 9.17) is 29.4 Å². The summed E-state index contributed by atoms with van der Waals surface area (Å²) in [7, 11) is -4.62. The fourth-order valence-electron chi connectivity index (χ4n) is 6.36. The zero-order valence-corrected chi connectivity index (χ0v) is 36.9. The van der Waals surface area contributed by atoms with Gasteiger partial charge in [-0.3, -0.25) is 18.6 Å². The number of carboxylic acids is 1. The third kappa shape index (κ3) is 40.6. The maximum Gasteiger partial charge on any atom is 0.472 e. The molecule has 0 aromatic heterocycles. The lowest BCUT2D eigenvalue weighted by atomic mass is 10.1. The highest BCUT2D eigenvalue weighted by Crippen LogP contribution is 2.43. The molecular formula is C45H86NO9P. The topological polar surface area (TPSA) is 155 Å². The largest absolute Gasteiger partial charge is 0.480 e.